The Balaban J connectivity index is 1.51. The van der Waals surface area contributed by atoms with Crippen LogP contribution in [0.4, 0.5) is 5.69 Å². The van der Waals surface area contributed by atoms with Crippen molar-refractivity contribution in [1.29, 1.82) is 0 Å². The molecule has 2 aromatic rings. The van der Waals surface area contributed by atoms with Crippen LogP contribution in [-0.4, -0.2) is 50.7 Å². The normalized spacial score (nSPS) is 14.3. The topological polar surface area (TPSA) is 42.0 Å². The number of amides is 1. The fraction of sp³-hybridized carbons (Fsp3) is 0.316. The van der Waals surface area contributed by atoms with Gasteiger partial charge in [-0.3, -0.25) is 4.79 Å². The van der Waals surface area contributed by atoms with Gasteiger partial charge in [0.1, 0.15) is 11.5 Å². The third-order valence-electron chi connectivity index (χ3n) is 4.30. The van der Waals surface area contributed by atoms with Gasteiger partial charge >= 0.3 is 0 Å². The molecule has 2 aromatic carbocycles. The molecule has 0 bridgehead atoms. The molecule has 0 N–H and O–H groups in total. The SMILES string of the molecule is COc1cccc(N2CCN(C(=O)COc3ccc(Cl)cc3Br)CC2)c1. The van der Waals surface area contributed by atoms with Gasteiger partial charge in [-0.1, -0.05) is 17.7 Å². The van der Waals surface area contributed by atoms with E-state index in [0.717, 1.165) is 29.0 Å². The van der Waals surface area contributed by atoms with Crippen LogP contribution in [0.1, 0.15) is 0 Å². The number of anilines is 1. The molecule has 3 rings (SSSR count). The van der Waals surface area contributed by atoms with Gasteiger partial charge in [-0.25, -0.2) is 0 Å². The molecule has 0 spiro atoms. The van der Waals surface area contributed by atoms with Crippen molar-refractivity contribution in [3.05, 3.63) is 52.0 Å². The highest BCUT2D eigenvalue weighted by Gasteiger charge is 2.22. The highest BCUT2D eigenvalue weighted by Crippen LogP contribution is 2.28. The fourth-order valence-electron chi connectivity index (χ4n) is 2.84. The Hall–Kier alpha value is -1.92. The average Bonchev–Trinajstić information content (AvgIpc) is 2.67. The molecule has 0 unspecified atom stereocenters. The van der Waals surface area contributed by atoms with Crippen molar-refractivity contribution >= 4 is 39.1 Å². The number of carbonyl (C=O) groups is 1. The summed E-state index contributed by atoms with van der Waals surface area (Å²) in [5.74, 6) is 1.43. The Morgan fingerprint density at radius 1 is 1.15 bits per heavy atom. The highest BCUT2D eigenvalue weighted by atomic mass is 79.9. The number of nitrogens with zero attached hydrogens (tertiary/aromatic N) is 2. The summed E-state index contributed by atoms with van der Waals surface area (Å²) in [7, 11) is 1.66. The first-order valence-corrected chi connectivity index (χ1v) is 9.48. The van der Waals surface area contributed by atoms with Crippen molar-refractivity contribution in [2.24, 2.45) is 0 Å². The highest BCUT2D eigenvalue weighted by molar-refractivity contribution is 9.10. The van der Waals surface area contributed by atoms with Crippen LogP contribution in [0.5, 0.6) is 11.5 Å². The van der Waals surface area contributed by atoms with E-state index in [2.05, 4.69) is 26.9 Å². The van der Waals surface area contributed by atoms with E-state index in [9.17, 15) is 4.79 Å². The second-order valence-electron chi connectivity index (χ2n) is 5.93. The Labute approximate surface area is 166 Å². The number of ether oxygens (including phenoxy) is 2. The number of hydrogen-bond acceptors (Lipinski definition) is 4. The Morgan fingerprint density at radius 2 is 1.92 bits per heavy atom. The second kappa shape index (κ2) is 8.64. The first-order valence-electron chi connectivity index (χ1n) is 8.31. The van der Waals surface area contributed by atoms with Crippen LogP contribution < -0.4 is 14.4 Å². The van der Waals surface area contributed by atoms with Crippen molar-refractivity contribution in [2.75, 3.05) is 44.8 Å². The molecule has 0 atom stereocenters. The molecule has 26 heavy (non-hydrogen) atoms. The zero-order valence-corrected chi connectivity index (χ0v) is 16.8. The van der Waals surface area contributed by atoms with Gasteiger partial charge in [0.15, 0.2) is 6.61 Å². The van der Waals surface area contributed by atoms with E-state index < -0.39 is 0 Å². The smallest absolute Gasteiger partial charge is 0.260 e. The van der Waals surface area contributed by atoms with Crippen molar-refractivity contribution in [1.82, 2.24) is 4.90 Å². The van der Waals surface area contributed by atoms with Gasteiger partial charge in [0, 0.05) is 43.0 Å². The predicted octanol–water partition coefficient (Wildman–Crippen LogP) is 3.84. The zero-order valence-electron chi connectivity index (χ0n) is 14.5. The number of carbonyl (C=O) groups excluding carboxylic acids is 1. The molecule has 1 saturated heterocycles. The molecular weight excluding hydrogens is 420 g/mol. The van der Waals surface area contributed by atoms with Crippen LogP contribution >= 0.6 is 27.5 Å². The van der Waals surface area contributed by atoms with Gasteiger partial charge in [-0.15, -0.1) is 0 Å². The van der Waals surface area contributed by atoms with E-state index >= 15 is 0 Å². The number of halogens is 2. The van der Waals surface area contributed by atoms with Crippen LogP contribution in [0.15, 0.2) is 46.9 Å². The quantitative estimate of drug-likeness (QED) is 0.710. The number of benzene rings is 2. The molecule has 0 aliphatic carbocycles. The van der Waals surface area contributed by atoms with Gasteiger partial charge in [-0.2, -0.15) is 0 Å². The molecular formula is C19H20BrClN2O3. The molecule has 5 nitrogen and oxygen atoms in total. The van der Waals surface area contributed by atoms with Crippen molar-refractivity contribution in [3.63, 3.8) is 0 Å². The standard InChI is InChI=1S/C19H20BrClN2O3/c1-25-16-4-2-3-15(12-16)22-7-9-23(10-8-22)19(24)13-26-18-6-5-14(21)11-17(18)20/h2-6,11-12H,7-10,13H2,1H3. The molecule has 1 amide bonds. The third-order valence-corrected chi connectivity index (χ3v) is 5.15. The fourth-order valence-corrected chi connectivity index (χ4v) is 3.64. The summed E-state index contributed by atoms with van der Waals surface area (Å²) in [5, 5.41) is 0.615. The van der Waals surface area contributed by atoms with E-state index in [1.54, 1.807) is 25.3 Å². The molecule has 0 radical (unpaired) electrons. The number of piperazine rings is 1. The van der Waals surface area contributed by atoms with Gasteiger partial charge in [0.05, 0.1) is 11.6 Å². The largest absolute Gasteiger partial charge is 0.497 e. The van der Waals surface area contributed by atoms with E-state index in [1.807, 2.05) is 23.1 Å². The second-order valence-corrected chi connectivity index (χ2v) is 7.22. The molecule has 0 aromatic heterocycles. The van der Waals surface area contributed by atoms with E-state index in [0.29, 0.717) is 23.9 Å². The van der Waals surface area contributed by atoms with Crippen molar-refractivity contribution in [3.8, 4) is 11.5 Å². The lowest BCUT2D eigenvalue weighted by Crippen LogP contribution is -2.50. The Bertz CT molecular complexity index is 779. The summed E-state index contributed by atoms with van der Waals surface area (Å²) in [5.41, 5.74) is 1.11. The molecule has 1 fully saturated rings. The van der Waals surface area contributed by atoms with E-state index in [-0.39, 0.29) is 12.5 Å². The summed E-state index contributed by atoms with van der Waals surface area (Å²) in [6, 6.07) is 13.2. The summed E-state index contributed by atoms with van der Waals surface area (Å²) < 4.78 is 11.6. The zero-order chi connectivity index (χ0) is 18.5. The van der Waals surface area contributed by atoms with E-state index in [1.165, 1.54) is 0 Å². The molecule has 1 aliphatic rings. The number of rotatable bonds is 5. The molecule has 0 saturated carbocycles. The van der Waals surface area contributed by atoms with Crippen LogP contribution in [0.3, 0.4) is 0 Å². The molecule has 138 valence electrons. The first kappa shape index (κ1) is 18.9. The lowest BCUT2D eigenvalue weighted by atomic mass is 10.2. The minimum Gasteiger partial charge on any atom is -0.497 e. The maximum Gasteiger partial charge on any atom is 0.260 e. The van der Waals surface area contributed by atoms with Crippen molar-refractivity contribution < 1.29 is 14.3 Å². The van der Waals surface area contributed by atoms with Crippen LogP contribution in [0.2, 0.25) is 5.02 Å². The van der Waals surface area contributed by atoms with Crippen LogP contribution in [0, 0.1) is 0 Å². The summed E-state index contributed by atoms with van der Waals surface area (Å²) in [6.07, 6.45) is 0. The third kappa shape index (κ3) is 4.62. The lowest BCUT2D eigenvalue weighted by Gasteiger charge is -2.36. The molecule has 7 heteroatoms. The first-order chi connectivity index (χ1) is 12.6. The Morgan fingerprint density at radius 3 is 2.62 bits per heavy atom. The summed E-state index contributed by atoms with van der Waals surface area (Å²) in [6.45, 7) is 2.91. The molecule has 1 heterocycles. The van der Waals surface area contributed by atoms with Gasteiger partial charge in [0.2, 0.25) is 0 Å². The predicted molar refractivity (Wildman–Crippen MR) is 106 cm³/mol. The lowest BCUT2D eigenvalue weighted by molar-refractivity contribution is -0.133. The van der Waals surface area contributed by atoms with Crippen LogP contribution in [0.25, 0.3) is 0 Å². The maximum atomic E-state index is 12.4. The van der Waals surface area contributed by atoms with Gasteiger partial charge < -0.3 is 19.3 Å². The van der Waals surface area contributed by atoms with Crippen molar-refractivity contribution in [2.45, 2.75) is 0 Å². The van der Waals surface area contributed by atoms with Crippen LogP contribution in [-0.2, 0) is 4.79 Å². The Kier molecular flexibility index (Phi) is 6.27. The molecule has 1 aliphatic heterocycles. The minimum absolute atomic E-state index is 0.0133. The van der Waals surface area contributed by atoms with Gasteiger partial charge in [-0.05, 0) is 46.3 Å². The van der Waals surface area contributed by atoms with Gasteiger partial charge in [0.25, 0.3) is 5.91 Å². The van der Waals surface area contributed by atoms with E-state index in [4.69, 9.17) is 21.1 Å². The monoisotopic (exact) mass is 438 g/mol. The average molecular weight is 440 g/mol. The summed E-state index contributed by atoms with van der Waals surface area (Å²) in [4.78, 5) is 16.5. The summed E-state index contributed by atoms with van der Waals surface area (Å²) >= 11 is 9.30. The number of methoxy groups -OCH3 is 1. The number of hydrogen-bond donors (Lipinski definition) is 0. The minimum atomic E-state index is -0.0165. The maximum absolute atomic E-state index is 12.4.